The Kier molecular flexibility index (Phi) is 3.87. The van der Waals surface area contributed by atoms with Gasteiger partial charge < -0.3 is 15.2 Å². The average Bonchev–Trinajstić information content (AvgIpc) is 2.26. The molecule has 0 aromatic heterocycles. The molecule has 0 heterocycles. The molecule has 0 spiro atoms. The predicted molar refractivity (Wildman–Crippen MR) is 54.2 cm³/mol. The fourth-order valence-corrected chi connectivity index (χ4v) is 1.06. The molecule has 0 saturated carbocycles. The molecule has 2 N–H and O–H groups in total. The first-order valence-corrected chi connectivity index (χ1v) is 4.34. The zero-order valence-electron chi connectivity index (χ0n) is 8.30. The van der Waals surface area contributed by atoms with E-state index in [0.717, 1.165) is 0 Å². The highest BCUT2D eigenvalue weighted by atomic mass is 16.6. The molecule has 0 unspecified atom stereocenters. The summed E-state index contributed by atoms with van der Waals surface area (Å²) in [5.41, 5.74) is 5.12. The van der Waals surface area contributed by atoms with Gasteiger partial charge in [0.05, 0.1) is 18.1 Å². The number of ether oxygens (including phenoxy) is 2. The summed E-state index contributed by atoms with van der Waals surface area (Å²) in [6.07, 6.45) is 0. The molecular formula is C9H12N2O4. The normalized spacial score (nSPS) is 9.73. The number of hydrogen-bond acceptors (Lipinski definition) is 5. The highest BCUT2D eigenvalue weighted by Crippen LogP contribution is 2.30. The van der Waals surface area contributed by atoms with Crippen molar-refractivity contribution in [1.82, 2.24) is 0 Å². The maximum absolute atomic E-state index is 10.7. The molecule has 82 valence electrons. The van der Waals surface area contributed by atoms with E-state index in [0.29, 0.717) is 12.3 Å². The van der Waals surface area contributed by atoms with E-state index in [1.807, 2.05) is 0 Å². The molecule has 1 rings (SSSR count). The Labute approximate surface area is 86.7 Å². The molecule has 15 heavy (non-hydrogen) atoms. The average molecular weight is 212 g/mol. The predicted octanol–water partition coefficient (Wildman–Crippen LogP) is 0.941. The van der Waals surface area contributed by atoms with Crippen LogP contribution in [0.15, 0.2) is 18.2 Å². The largest absolute Gasteiger partial charge is 0.496 e. The van der Waals surface area contributed by atoms with Crippen LogP contribution in [0, 0.1) is 10.1 Å². The lowest BCUT2D eigenvalue weighted by molar-refractivity contribution is -0.385. The van der Waals surface area contributed by atoms with Gasteiger partial charge in [-0.05, 0) is 12.1 Å². The first-order valence-electron chi connectivity index (χ1n) is 4.34. The maximum Gasteiger partial charge on any atom is 0.314 e. The standard InChI is InChI=1S/C9H12N2O4/c1-14-7-2-3-9(15-5-4-10)8(6-7)11(12)13/h2-3,6H,4-5,10H2,1H3. The highest BCUT2D eigenvalue weighted by Gasteiger charge is 2.15. The molecule has 0 amide bonds. The van der Waals surface area contributed by atoms with Crippen molar-refractivity contribution in [2.24, 2.45) is 5.73 Å². The molecular weight excluding hydrogens is 200 g/mol. The van der Waals surface area contributed by atoms with Gasteiger partial charge in [-0.25, -0.2) is 0 Å². The molecule has 0 aliphatic rings. The first-order chi connectivity index (χ1) is 7.19. The van der Waals surface area contributed by atoms with E-state index in [-0.39, 0.29) is 18.0 Å². The lowest BCUT2D eigenvalue weighted by atomic mass is 10.3. The zero-order valence-corrected chi connectivity index (χ0v) is 8.30. The lowest BCUT2D eigenvalue weighted by Gasteiger charge is -2.06. The molecule has 0 fully saturated rings. The molecule has 6 nitrogen and oxygen atoms in total. The Morgan fingerprint density at radius 3 is 2.80 bits per heavy atom. The van der Waals surface area contributed by atoms with Gasteiger partial charge in [-0.3, -0.25) is 10.1 Å². The van der Waals surface area contributed by atoms with Gasteiger partial charge in [-0.1, -0.05) is 0 Å². The second kappa shape index (κ2) is 5.16. The number of nitro benzene ring substituents is 1. The van der Waals surface area contributed by atoms with Crippen molar-refractivity contribution in [2.75, 3.05) is 20.3 Å². The van der Waals surface area contributed by atoms with E-state index >= 15 is 0 Å². The van der Waals surface area contributed by atoms with Crippen molar-refractivity contribution in [2.45, 2.75) is 0 Å². The van der Waals surface area contributed by atoms with Crippen LogP contribution in [-0.4, -0.2) is 25.2 Å². The Morgan fingerprint density at radius 2 is 2.27 bits per heavy atom. The third kappa shape index (κ3) is 2.81. The summed E-state index contributed by atoms with van der Waals surface area (Å²) in [6, 6.07) is 4.40. The van der Waals surface area contributed by atoms with Gasteiger partial charge in [-0.2, -0.15) is 0 Å². The number of hydrogen-bond donors (Lipinski definition) is 1. The van der Waals surface area contributed by atoms with Crippen molar-refractivity contribution < 1.29 is 14.4 Å². The third-order valence-corrected chi connectivity index (χ3v) is 1.74. The van der Waals surface area contributed by atoms with Crippen LogP contribution < -0.4 is 15.2 Å². The van der Waals surface area contributed by atoms with E-state index < -0.39 is 4.92 Å². The molecule has 0 atom stereocenters. The molecule has 1 aromatic carbocycles. The maximum atomic E-state index is 10.7. The smallest absolute Gasteiger partial charge is 0.314 e. The van der Waals surface area contributed by atoms with Gasteiger partial charge in [0.2, 0.25) is 0 Å². The fraction of sp³-hybridized carbons (Fsp3) is 0.333. The Bertz CT molecular complexity index is 354. The summed E-state index contributed by atoms with van der Waals surface area (Å²) in [5, 5.41) is 10.7. The zero-order chi connectivity index (χ0) is 11.3. The number of benzene rings is 1. The summed E-state index contributed by atoms with van der Waals surface area (Å²) in [7, 11) is 1.44. The van der Waals surface area contributed by atoms with Crippen molar-refractivity contribution in [3.8, 4) is 11.5 Å². The van der Waals surface area contributed by atoms with Gasteiger partial charge in [-0.15, -0.1) is 0 Å². The van der Waals surface area contributed by atoms with Crippen LogP contribution in [-0.2, 0) is 0 Å². The van der Waals surface area contributed by atoms with Crippen molar-refractivity contribution in [3.63, 3.8) is 0 Å². The minimum atomic E-state index is -0.519. The molecule has 0 saturated heterocycles. The number of nitrogens with zero attached hydrogens (tertiary/aromatic N) is 1. The summed E-state index contributed by atoms with van der Waals surface area (Å²) in [5.74, 6) is 0.619. The van der Waals surface area contributed by atoms with Crippen LogP contribution in [0.1, 0.15) is 0 Å². The number of methoxy groups -OCH3 is 1. The van der Waals surface area contributed by atoms with Crippen molar-refractivity contribution in [3.05, 3.63) is 28.3 Å². The molecule has 0 bridgehead atoms. The second-order valence-corrected chi connectivity index (χ2v) is 2.73. The Balaban J connectivity index is 2.98. The van der Waals surface area contributed by atoms with Crippen LogP contribution >= 0.6 is 0 Å². The Hall–Kier alpha value is -1.82. The summed E-state index contributed by atoms with van der Waals surface area (Å²) < 4.78 is 10.0. The number of nitrogens with two attached hydrogens (primary N) is 1. The topological polar surface area (TPSA) is 87.6 Å². The lowest BCUT2D eigenvalue weighted by Crippen LogP contribution is -2.11. The summed E-state index contributed by atoms with van der Waals surface area (Å²) in [4.78, 5) is 10.2. The van der Waals surface area contributed by atoms with Gasteiger partial charge in [0.1, 0.15) is 12.4 Å². The molecule has 0 aliphatic carbocycles. The van der Waals surface area contributed by atoms with E-state index in [2.05, 4.69) is 0 Å². The number of rotatable bonds is 5. The Morgan fingerprint density at radius 1 is 1.53 bits per heavy atom. The van der Waals surface area contributed by atoms with Crippen molar-refractivity contribution in [1.29, 1.82) is 0 Å². The van der Waals surface area contributed by atoms with Gasteiger partial charge in [0.15, 0.2) is 5.75 Å². The SMILES string of the molecule is COc1ccc(OCCN)c([N+](=O)[O-])c1. The van der Waals surface area contributed by atoms with E-state index in [1.54, 1.807) is 6.07 Å². The summed E-state index contributed by atoms with van der Waals surface area (Å²) >= 11 is 0. The monoisotopic (exact) mass is 212 g/mol. The van der Waals surface area contributed by atoms with Crippen molar-refractivity contribution >= 4 is 5.69 Å². The van der Waals surface area contributed by atoms with E-state index in [4.69, 9.17) is 15.2 Å². The van der Waals surface area contributed by atoms with E-state index in [9.17, 15) is 10.1 Å². The highest BCUT2D eigenvalue weighted by molar-refractivity contribution is 5.50. The minimum Gasteiger partial charge on any atom is -0.496 e. The van der Waals surface area contributed by atoms with Crippen LogP contribution in [0.5, 0.6) is 11.5 Å². The van der Waals surface area contributed by atoms with Crippen LogP contribution in [0.4, 0.5) is 5.69 Å². The second-order valence-electron chi connectivity index (χ2n) is 2.73. The third-order valence-electron chi connectivity index (χ3n) is 1.74. The molecule has 0 radical (unpaired) electrons. The van der Waals surface area contributed by atoms with Crippen LogP contribution in [0.25, 0.3) is 0 Å². The van der Waals surface area contributed by atoms with Gasteiger partial charge >= 0.3 is 5.69 Å². The van der Waals surface area contributed by atoms with Crippen LogP contribution in [0.3, 0.4) is 0 Å². The molecule has 0 aliphatic heterocycles. The minimum absolute atomic E-state index is 0.122. The quantitative estimate of drug-likeness (QED) is 0.579. The van der Waals surface area contributed by atoms with E-state index in [1.165, 1.54) is 19.2 Å². The first kappa shape index (κ1) is 11.3. The van der Waals surface area contributed by atoms with Gasteiger partial charge in [0.25, 0.3) is 0 Å². The molecule has 6 heteroatoms. The van der Waals surface area contributed by atoms with Gasteiger partial charge in [0, 0.05) is 6.54 Å². The summed E-state index contributed by atoms with van der Waals surface area (Å²) in [6.45, 7) is 0.552. The molecule has 1 aromatic rings. The van der Waals surface area contributed by atoms with Crippen LogP contribution in [0.2, 0.25) is 0 Å². The fourth-order valence-electron chi connectivity index (χ4n) is 1.06. The number of nitro groups is 1.